The van der Waals surface area contributed by atoms with Gasteiger partial charge in [-0.05, 0) is 39.0 Å². The van der Waals surface area contributed by atoms with Gasteiger partial charge in [-0.2, -0.15) is 5.10 Å². The highest BCUT2D eigenvalue weighted by Crippen LogP contribution is 2.30. The van der Waals surface area contributed by atoms with Crippen LogP contribution >= 0.6 is 0 Å². The fraction of sp³-hybridized carbons (Fsp3) is 0.750. The lowest BCUT2D eigenvalue weighted by atomic mass is 9.91. The second-order valence-corrected chi connectivity index (χ2v) is 8.96. The van der Waals surface area contributed by atoms with Gasteiger partial charge in [-0.3, -0.25) is 9.48 Å². The van der Waals surface area contributed by atoms with E-state index in [-0.39, 0.29) is 23.6 Å². The van der Waals surface area contributed by atoms with Crippen LogP contribution in [0.5, 0.6) is 0 Å². The normalized spacial score (nSPS) is 23.0. The van der Waals surface area contributed by atoms with Crippen LogP contribution in [-0.2, 0) is 28.3 Å². The van der Waals surface area contributed by atoms with Gasteiger partial charge >= 0.3 is 0 Å². The molecule has 1 aromatic heterocycles. The molecule has 1 aromatic rings. The second-order valence-electron chi connectivity index (χ2n) is 6.70. The molecule has 1 atom stereocenters. The van der Waals surface area contributed by atoms with E-state index in [0.717, 1.165) is 24.8 Å². The lowest BCUT2D eigenvalue weighted by molar-refractivity contribution is -0.127. The Kier molecular flexibility index (Phi) is 4.96. The van der Waals surface area contributed by atoms with Crippen molar-refractivity contribution in [1.29, 1.82) is 0 Å². The number of amides is 1. The highest BCUT2D eigenvalue weighted by Gasteiger charge is 2.32. The molecule has 1 amide bonds. The molecule has 2 heterocycles. The number of fused-ring (bicyclic) bond motifs is 1. The van der Waals surface area contributed by atoms with Gasteiger partial charge < -0.3 is 5.32 Å². The Balaban J connectivity index is 1.59. The summed E-state index contributed by atoms with van der Waals surface area (Å²) < 4.78 is 27.2. The first-order valence-corrected chi connectivity index (χ1v) is 10.3. The second kappa shape index (κ2) is 6.84. The summed E-state index contributed by atoms with van der Waals surface area (Å²) in [6.07, 6.45) is 6.04. The van der Waals surface area contributed by atoms with Crippen molar-refractivity contribution < 1.29 is 13.2 Å². The molecule has 1 unspecified atom stereocenters. The first-order chi connectivity index (χ1) is 11.4. The molecule has 0 spiro atoms. The van der Waals surface area contributed by atoms with Gasteiger partial charge in [0.2, 0.25) is 15.9 Å². The zero-order chi connectivity index (χ0) is 17.3. The Hall–Kier alpha value is -1.41. The third-order valence-electron chi connectivity index (χ3n) is 5.28. The molecule has 7 nitrogen and oxygen atoms in total. The van der Waals surface area contributed by atoms with E-state index in [1.807, 2.05) is 17.9 Å². The number of hydrogen-bond acceptors (Lipinski definition) is 4. The number of aromatic nitrogens is 2. The van der Waals surface area contributed by atoms with Crippen molar-refractivity contribution in [3.8, 4) is 0 Å². The van der Waals surface area contributed by atoms with Crippen LogP contribution in [0, 0.1) is 5.92 Å². The number of hydrogen-bond donors (Lipinski definition) is 1. The van der Waals surface area contributed by atoms with E-state index >= 15 is 0 Å². The number of sulfonamides is 1. The maximum atomic E-state index is 12.6. The molecule has 0 aromatic carbocycles. The van der Waals surface area contributed by atoms with Crippen molar-refractivity contribution in [3.05, 3.63) is 17.5 Å². The third kappa shape index (κ3) is 3.35. The van der Waals surface area contributed by atoms with Crippen LogP contribution in [0.4, 0.5) is 0 Å². The molecule has 2 aliphatic rings. The minimum absolute atomic E-state index is 0.0346. The van der Waals surface area contributed by atoms with E-state index in [2.05, 4.69) is 10.4 Å². The predicted molar refractivity (Wildman–Crippen MR) is 90.8 cm³/mol. The number of nitrogens with one attached hydrogen (secondary N) is 1. The molecule has 1 aliphatic heterocycles. The van der Waals surface area contributed by atoms with Gasteiger partial charge in [0.05, 0.1) is 18.0 Å². The van der Waals surface area contributed by atoms with Gasteiger partial charge in [0.15, 0.2) is 0 Å². The highest BCUT2D eigenvalue weighted by molar-refractivity contribution is 7.89. The highest BCUT2D eigenvalue weighted by atomic mass is 32.2. The molecule has 134 valence electrons. The molecular weight excluding hydrogens is 328 g/mol. The lowest BCUT2D eigenvalue weighted by Crippen LogP contribution is -2.44. The SMILES string of the molecule is CCS(=O)(=O)N1CCC(C(=O)NC2CCCc3c2cnn3C)CC1. The zero-order valence-electron chi connectivity index (χ0n) is 14.4. The monoisotopic (exact) mass is 354 g/mol. The van der Waals surface area contributed by atoms with Gasteiger partial charge in [0.1, 0.15) is 0 Å². The maximum Gasteiger partial charge on any atom is 0.223 e. The standard InChI is InChI=1S/C16H26N4O3S/c1-3-24(22,23)20-9-7-12(8-10-20)16(21)18-14-5-4-6-15-13(14)11-17-19(15)2/h11-12,14H,3-10H2,1-2H3,(H,18,21). The summed E-state index contributed by atoms with van der Waals surface area (Å²) in [5.41, 5.74) is 2.33. The summed E-state index contributed by atoms with van der Waals surface area (Å²) >= 11 is 0. The Morgan fingerprint density at radius 1 is 1.33 bits per heavy atom. The Morgan fingerprint density at radius 2 is 2.04 bits per heavy atom. The summed E-state index contributed by atoms with van der Waals surface area (Å²) in [7, 11) is -1.21. The van der Waals surface area contributed by atoms with Gasteiger partial charge in [-0.25, -0.2) is 12.7 Å². The molecule has 24 heavy (non-hydrogen) atoms. The van der Waals surface area contributed by atoms with Crippen molar-refractivity contribution in [2.24, 2.45) is 13.0 Å². The summed E-state index contributed by atoms with van der Waals surface area (Å²) in [6.45, 7) is 2.54. The molecule has 1 fully saturated rings. The summed E-state index contributed by atoms with van der Waals surface area (Å²) in [5, 5.41) is 7.47. The van der Waals surface area contributed by atoms with Crippen molar-refractivity contribution in [3.63, 3.8) is 0 Å². The van der Waals surface area contributed by atoms with Crippen LogP contribution in [0.3, 0.4) is 0 Å². The average Bonchev–Trinajstić information content (AvgIpc) is 2.97. The quantitative estimate of drug-likeness (QED) is 0.873. The molecular formula is C16H26N4O3S. The largest absolute Gasteiger partial charge is 0.349 e. The molecule has 1 saturated heterocycles. The number of rotatable bonds is 4. The predicted octanol–water partition coefficient (Wildman–Crippen LogP) is 0.975. The number of carbonyl (C=O) groups is 1. The molecule has 8 heteroatoms. The van der Waals surface area contributed by atoms with E-state index in [9.17, 15) is 13.2 Å². The molecule has 1 N–H and O–H groups in total. The zero-order valence-corrected chi connectivity index (χ0v) is 15.2. The first kappa shape index (κ1) is 17.4. The summed E-state index contributed by atoms with van der Waals surface area (Å²) in [4.78, 5) is 12.6. The first-order valence-electron chi connectivity index (χ1n) is 8.71. The van der Waals surface area contributed by atoms with Crippen LogP contribution < -0.4 is 5.32 Å². The Bertz CT molecular complexity index is 705. The van der Waals surface area contributed by atoms with Crippen LogP contribution in [-0.4, -0.2) is 47.3 Å². The molecule has 0 saturated carbocycles. The molecule has 1 aliphatic carbocycles. The van der Waals surface area contributed by atoms with E-state index in [1.165, 1.54) is 10.00 Å². The lowest BCUT2D eigenvalue weighted by Gasteiger charge is -2.32. The van der Waals surface area contributed by atoms with Crippen LogP contribution in [0.15, 0.2) is 6.20 Å². The van der Waals surface area contributed by atoms with Crippen LogP contribution in [0.2, 0.25) is 0 Å². The van der Waals surface area contributed by atoms with Gasteiger partial charge in [0.25, 0.3) is 0 Å². The third-order valence-corrected chi connectivity index (χ3v) is 7.16. The number of piperidine rings is 1. The maximum absolute atomic E-state index is 12.6. The van der Waals surface area contributed by atoms with Gasteiger partial charge in [-0.1, -0.05) is 0 Å². The molecule has 3 rings (SSSR count). The number of aryl methyl sites for hydroxylation is 1. The average molecular weight is 354 g/mol. The van der Waals surface area contributed by atoms with E-state index in [1.54, 1.807) is 6.92 Å². The van der Waals surface area contributed by atoms with Crippen molar-refractivity contribution in [1.82, 2.24) is 19.4 Å². The minimum Gasteiger partial charge on any atom is -0.349 e. The fourth-order valence-electron chi connectivity index (χ4n) is 3.72. The van der Waals surface area contributed by atoms with E-state index < -0.39 is 10.0 Å². The van der Waals surface area contributed by atoms with Crippen LogP contribution in [0.1, 0.15) is 49.9 Å². The minimum atomic E-state index is -3.14. The van der Waals surface area contributed by atoms with Crippen molar-refractivity contribution in [2.45, 2.75) is 45.1 Å². The number of carbonyl (C=O) groups excluding carboxylic acids is 1. The summed E-state index contributed by atoms with van der Waals surface area (Å²) in [5.74, 6) is 0.0658. The van der Waals surface area contributed by atoms with E-state index in [4.69, 9.17) is 0 Å². The summed E-state index contributed by atoms with van der Waals surface area (Å²) in [6, 6.07) is 0.0346. The van der Waals surface area contributed by atoms with Crippen molar-refractivity contribution >= 4 is 15.9 Å². The van der Waals surface area contributed by atoms with Gasteiger partial charge in [-0.15, -0.1) is 0 Å². The van der Waals surface area contributed by atoms with Crippen molar-refractivity contribution in [2.75, 3.05) is 18.8 Å². The molecule has 0 radical (unpaired) electrons. The topological polar surface area (TPSA) is 84.3 Å². The fourth-order valence-corrected chi connectivity index (χ4v) is 4.86. The smallest absolute Gasteiger partial charge is 0.223 e. The van der Waals surface area contributed by atoms with Gasteiger partial charge in [0, 0.05) is 37.3 Å². The molecule has 0 bridgehead atoms. The van der Waals surface area contributed by atoms with E-state index in [0.29, 0.717) is 25.9 Å². The number of nitrogens with zero attached hydrogens (tertiary/aromatic N) is 3. The Morgan fingerprint density at radius 3 is 2.71 bits per heavy atom. The van der Waals surface area contributed by atoms with Crippen LogP contribution in [0.25, 0.3) is 0 Å². The Labute approximate surface area is 143 Å².